The van der Waals surface area contributed by atoms with Gasteiger partial charge in [0.1, 0.15) is 5.41 Å². The predicted octanol–water partition coefficient (Wildman–Crippen LogP) is 1.54. The monoisotopic (exact) mass is 252 g/mol. The number of piperidine rings is 1. The van der Waals surface area contributed by atoms with E-state index in [1.807, 2.05) is 0 Å². The van der Waals surface area contributed by atoms with Gasteiger partial charge in [-0.15, -0.1) is 0 Å². The van der Waals surface area contributed by atoms with Crippen LogP contribution in [0.3, 0.4) is 0 Å². The van der Waals surface area contributed by atoms with Gasteiger partial charge in [-0.1, -0.05) is 6.92 Å². The largest absolute Gasteiger partial charge is 0.388 e. The highest BCUT2D eigenvalue weighted by Crippen LogP contribution is 2.44. The van der Waals surface area contributed by atoms with Gasteiger partial charge in [0.25, 0.3) is 0 Å². The second-order valence-corrected chi connectivity index (χ2v) is 5.72. The maximum absolute atomic E-state index is 10.9. The van der Waals surface area contributed by atoms with Crippen molar-refractivity contribution in [1.29, 1.82) is 5.26 Å². The van der Waals surface area contributed by atoms with E-state index in [1.54, 1.807) is 0 Å². The van der Waals surface area contributed by atoms with Crippen molar-refractivity contribution in [2.45, 2.75) is 44.6 Å². The topological polar surface area (TPSA) is 56.5 Å². The molecule has 2 aliphatic rings. The van der Waals surface area contributed by atoms with Crippen LogP contribution in [0, 0.1) is 16.7 Å². The Balaban J connectivity index is 2.05. The van der Waals surface area contributed by atoms with E-state index in [9.17, 15) is 10.4 Å². The Morgan fingerprint density at radius 2 is 2.06 bits per heavy atom. The van der Waals surface area contributed by atoms with Gasteiger partial charge < -0.3 is 14.7 Å². The first-order chi connectivity index (χ1) is 8.66. The van der Waals surface area contributed by atoms with Crippen molar-refractivity contribution in [3.8, 4) is 6.07 Å². The first kappa shape index (κ1) is 13.8. The van der Waals surface area contributed by atoms with Crippen molar-refractivity contribution in [2.24, 2.45) is 5.41 Å². The summed E-state index contributed by atoms with van der Waals surface area (Å²) in [6.07, 6.45) is 4.20. The third-order valence-electron chi connectivity index (χ3n) is 4.57. The Kier molecular flexibility index (Phi) is 4.26. The van der Waals surface area contributed by atoms with Crippen LogP contribution in [0.4, 0.5) is 0 Å². The SMILES string of the molecule is CCCN1CCC(O)(C2(C#N)CCCOC2)CC1. The molecule has 0 aliphatic carbocycles. The molecule has 0 aromatic carbocycles. The fourth-order valence-corrected chi connectivity index (χ4v) is 3.30. The first-order valence-corrected chi connectivity index (χ1v) is 7.09. The molecule has 18 heavy (non-hydrogen) atoms. The molecular formula is C14H24N2O2. The highest BCUT2D eigenvalue weighted by molar-refractivity contribution is 5.13. The van der Waals surface area contributed by atoms with Gasteiger partial charge in [0.2, 0.25) is 0 Å². The van der Waals surface area contributed by atoms with Gasteiger partial charge >= 0.3 is 0 Å². The number of likely N-dealkylation sites (tertiary alicyclic amines) is 1. The summed E-state index contributed by atoms with van der Waals surface area (Å²) in [6, 6.07) is 2.38. The highest BCUT2D eigenvalue weighted by atomic mass is 16.5. The Hall–Kier alpha value is -0.630. The lowest BCUT2D eigenvalue weighted by Gasteiger charge is -2.48. The van der Waals surface area contributed by atoms with Crippen molar-refractivity contribution >= 4 is 0 Å². The molecule has 4 heteroatoms. The van der Waals surface area contributed by atoms with Gasteiger partial charge in [0.15, 0.2) is 0 Å². The molecule has 0 saturated carbocycles. The van der Waals surface area contributed by atoms with Crippen LogP contribution in [-0.4, -0.2) is 48.5 Å². The summed E-state index contributed by atoms with van der Waals surface area (Å²) in [5.41, 5.74) is -1.53. The Morgan fingerprint density at radius 1 is 1.33 bits per heavy atom. The molecule has 1 unspecified atom stereocenters. The normalized spacial score (nSPS) is 32.9. The van der Waals surface area contributed by atoms with Crippen LogP contribution < -0.4 is 0 Å². The molecule has 0 amide bonds. The third kappa shape index (κ3) is 2.40. The van der Waals surface area contributed by atoms with E-state index in [-0.39, 0.29) is 0 Å². The molecule has 1 N–H and O–H groups in total. The van der Waals surface area contributed by atoms with Crippen LogP contribution in [0.15, 0.2) is 0 Å². The number of aliphatic hydroxyl groups is 1. The summed E-state index contributed by atoms with van der Waals surface area (Å²) < 4.78 is 5.47. The van der Waals surface area contributed by atoms with E-state index in [0.717, 1.165) is 45.5 Å². The molecule has 102 valence electrons. The van der Waals surface area contributed by atoms with Crippen molar-refractivity contribution < 1.29 is 9.84 Å². The number of rotatable bonds is 3. The van der Waals surface area contributed by atoms with Crippen molar-refractivity contribution in [1.82, 2.24) is 4.90 Å². The van der Waals surface area contributed by atoms with E-state index >= 15 is 0 Å². The van der Waals surface area contributed by atoms with E-state index in [0.29, 0.717) is 19.4 Å². The molecule has 2 fully saturated rings. The number of hydrogen-bond acceptors (Lipinski definition) is 4. The zero-order valence-corrected chi connectivity index (χ0v) is 11.3. The minimum absolute atomic E-state index is 0.397. The molecule has 0 aromatic heterocycles. The molecule has 2 heterocycles. The van der Waals surface area contributed by atoms with Gasteiger partial charge in [0, 0.05) is 19.7 Å². The molecule has 0 bridgehead atoms. The lowest BCUT2D eigenvalue weighted by atomic mass is 9.65. The van der Waals surface area contributed by atoms with Gasteiger partial charge in [-0.3, -0.25) is 0 Å². The molecule has 0 radical (unpaired) electrons. The van der Waals surface area contributed by atoms with Gasteiger partial charge in [0.05, 0.1) is 18.3 Å². The average molecular weight is 252 g/mol. The second-order valence-electron chi connectivity index (χ2n) is 5.72. The molecular weight excluding hydrogens is 228 g/mol. The Morgan fingerprint density at radius 3 is 2.56 bits per heavy atom. The standard InChI is InChI=1S/C14H24N2O2/c1-2-7-16-8-5-14(17,6-9-16)13(11-15)4-3-10-18-12-13/h17H,2-10,12H2,1H3. The van der Waals surface area contributed by atoms with Gasteiger partial charge in [-0.05, 0) is 38.6 Å². The number of nitrogens with zero attached hydrogens (tertiary/aromatic N) is 2. The third-order valence-corrected chi connectivity index (χ3v) is 4.57. The number of hydrogen-bond donors (Lipinski definition) is 1. The van der Waals surface area contributed by atoms with Crippen LogP contribution in [-0.2, 0) is 4.74 Å². The average Bonchev–Trinajstić information content (AvgIpc) is 2.42. The maximum Gasteiger partial charge on any atom is 0.109 e. The molecule has 0 spiro atoms. The Labute approximate surface area is 110 Å². The summed E-state index contributed by atoms with van der Waals surface area (Å²) in [5.74, 6) is 0. The zero-order valence-electron chi connectivity index (χ0n) is 11.3. The summed E-state index contributed by atoms with van der Waals surface area (Å²) in [4.78, 5) is 2.38. The summed E-state index contributed by atoms with van der Waals surface area (Å²) in [7, 11) is 0. The first-order valence-electron chi connectivity index (χ1n) is 7.09. The van der Waals surface area contributed by atoms with E-state index in [1.165, 1.54) is 0 Å². The molecule has 0 aromatic rings. The van der Waals surface area contributed by atoms with Crippen LogP contribution in [0.1, 0.15) is 39.0 Å². The molecule has 4 nitrogen and oxygen atoms in total. The quantitative estimate of drug-likeness (QED) is 0.828. The smallest absolute Gasteiger partial charge is 0.109 e. The minimum Gasteiger partial charge on any atom is -0.388 e. The molecule has 2 aliphatic heterocycles. The number of nitriles is 1. The zero-order chi connectivity index (χ0) is 13.1. The molecule has 2 rings (SSSR count). The second kappa shape index (κ2) is 5.56. The van der Waals surface area contributed by atoms with E-state index in [4.69, 9.17) is 4.74 Å². The predicted molar refractivity (Wildman–Crippen MR) is 69.0 cm³/mol. The summed E-state index contributed by atoms with van der Waals surface area (Å²) in [6.45, 7) is 6.18. The van der Waals surface area contributed by atoms with Gasteiger partial charge in [-0.2, -0.15) is 5.26 Å². The summed E-state index contributed by atoms with van der Waals surface area (Å²) in [5, 5.41) is 20.4. The van der Waals surface area contributed by atoms with Crippen LogP contribution in [0.2, 0.25) is 0 Å². The van der Waals surface area contributed by atoms with E-state index < -0.39 is 11.0 Å². The Bertz CT molecular complexity index is 310. The lowest BCUT2D eigenvalue weighted by molar-refractivity contribution is -0.143. The lowest BCUT2D eigenvalue weighted by Crippen LogP contribution is -2.57. The maximum atomic E-state index is 10.9. The van der Waals surface area contributed by atoms with Crippen molar-refractivity contribution in [2.75, 3.05) is 32.8 Å². The number of ether oxygens (including phenoxy) is 1. The van der Waals surface area contributed by atoms with Crippen LogP contribution >= 0.6 is 0 Å². The molecule has 1 atom stereocenters. The van der Waals surface area contributed by atoms with E-state index in [2.05, 4.69) is 17.9 Å². The van der Waals surface area contributed by atoms with Gasteiger partial charge in [-0.25, -0.2) is 0 Å². The summed E-state index contributed by atoms with van der Waals surface area (Å²) >= 11 is 0. The van der Waals surface area contributed by atoms with Crippen LogP contribution in [0.25, 0.3) is 0 Å². The van der Waals surface area contributed by atoms with Crippen molar-refractivity contribution in [3.05, 3.63) is 0 Å². The highest BCUT2D eigenvalue weighted by Gasteiger charge is 2.52. The fraction of sp³-hybridized carbons (Fsp3) is 0.929. The van der Waals surface area contributed by atoms with Crippen molar-refractivity contribution in [3.63, 3.8) is 0 Å². The van der Waals surface area contributed by atoms with Crippen LogP contribution in [0.5, 0.6) is 0 Å². The fourth-order valence-electron chi connectivity index (χ4n) is 3.30. The molecule has 2 saturated heterocycles. The minimum atomic E-state index is -0.855.